The van der Waals surface area contributed by atoms with Crippen LogP contribution in [0.3, 0.4) is 0 Å². The smallest absolute Gasteiger partial charge is 0.410 e. The van der Waals surface area contributed by atoms with E-state index in [2.05, 4.69) is 0 Å². The Labute approximate surface area is 146 Å². The van der Waals surface area contributed by atoms with Gasteiger partial charge >= 0.3 is 12.1 Å². The topological polar surface area (TPSA) is 101 Å². The molecular weight excluding hydrogens is 346 g/mol. The molecule has 7 nitrogen and oxygen atoms in total. The maximum absolute atomic E-state index is 12.6. The van der Waals surface area contributed by atoms with Crippen LogP contribution in [0.5, 0.6) is 0 Å². The molecule has 8 heteroatoms. The Balaban J connectivity index is 1.77. The lowest BCUT2D eigenvalue weighted by Crippen LogP contribution is -2.56. The lowest BCUT2D eigenvalue weighted by atomic mass is 9.80. The number of hydrogen-bond donors (Lipinski definition) is 1. The number of amides is 1. The van der Waals surface area contributed by atoms with Gasteiger partial charge in [-0.1, -0.05) is 30.3 Å². The molecule has 0 bridgehead atoms. The number of likely N-dealkylation sites (tertiary alicyclic amines) is 1. The summed E-state index contributed by atoms with van der Waals surface area (Å²) in [5, 5.41) is 9.54. The van der Waals surface area contributed by atoms with E-state index in [0.29, 0.717) is 6.42 Å². The normalized spacial score (nSPS) is 24.2. The molecule has 2 saturated heterocycles. The lowest BCUT2D eigenvalue weighted by Gasteiger charge is -2.42. The molecule has 1 N–H and O–H groups in total. The highest BCUT2D eigenvalue weighted by Crippen LogP contribution is 2.44. The molecule has 136 valence electrons. The van der Waals surface area contributed by atoms with Crippen molar-refractivity contribution < 1.29 is 27.9 Å². The van der Waals surface area contributed by atoms with E-state index in [0.717, 1.165) is 5.56 Å². The van der Waals surface area contributed by atoms with Gasteiger partial charge in [-0.15, -0.1) is 0 Å². The predicted octanol–water partition coefficient (Wildman–Crippen LogP) is 1.68. The Morgan fingerprint density at radius 3 is 2.44 bits per heavy atom. The van der Waals surface area contributed by atoms with Crippen LogP contribution in [-0.2, 0) is 26.0 Å². The second-order valence-corrected chi connectivity index (χ2v) is 8.93. The number of nitrogens with zero attached hydrogens (tertiary/aromatic N) is 1. The third-order valence-corrected chi connectivity index (χ3v) is 6.90. The molecule has 2 fully saturated rings. The van der Waals surface area contributed by atoms with Crippen molar-refractivity contribution in [3.63, 3.8) is 0 Å². The van der Waals surface area contributed by atoms with Crippen LogP contribution in [0.15, 0.2) is 30.3 Å². The van der Waals surface area contributed by atoms with Gasteiger partial charge in [-0.2, -0.15) is 0 Å². The second kappa shape index (κ2) is 6.67. The highest BCUT2D eigenvalue weighted by molar-refractivity contribution is 7.91. The van der Waals surface area contributed by atoms with Gasteiger partial charge in [0.25, 0.3) is 0 Å². The molecule has 1 atom stereocenters. The number of carboxylic acid groups (broad SMARTS) is 1. The van der Waals surface area contributed by atoms with Crippen LogP contribution in [0.2, 0.25) is 0 Å². The van der Waals surface area contributed by atoms with E-state index in [-0.39, 0.29) is 37.5 Å². The van der Waals surface area contributed by atoms with Gasteiger partial charge in [-0.25, -0.2) is 13.2 Å². The standard InChI is InChI=1S/C17H21NO6S/c19-15(20)14-6-9-18(17(14)7-10-25(22,23)11-8-17)16(21)24-12-13-4-2-1-3-5-13/h1-5,14H,6-12H2,(H,19,20). The predicted molar refractivity (Wildman–Crippen MR) is 89.7 cm³/mol. The van der Waals surface area contributed by atoms with E-state index in [1.807, 2.05) is 30.3 Å². The number of hydrogen-bond acceptors (Lipinski definition) is 5. The molecule has 25 heavy (non-hydrogen) atoms. The van der Waals surface area contributed by atoms with E-state index < -0.39 is 33.4 Å². The lowest BCUT2D eigenvalue weighted by molar-refractivity contribution is -0.145. The van der Waals surface area contributed by atoms with Crippen molar-refractivity contribution in [1.29, 1.82) is 0 Å². The van der Waals surface area contributed by atoms with Crippen LogP contribution in [0.4, 0.5) is 4.79 Å². The summed E-state index contributed by atoms with van der Waals surface area (Å²) in [6.07, 6.45) is 0.0295. The first kappa shape index (κ1) is 17.7. The fourth-order valence-electron chi connectivity index (χ4n) is 3.87. The van der Waals surface area contributed by atoms with Crippen LogP contribution >= 0.6 is 0 Å². The average Bonchev–Trinajstić information content (AvgIpc) is 2.96. The first-order chi connectivity index (χ1) is 11.8. The first-order valence-corrected chi connectivity index (χ1v) is 10.1. The van der Waals surface area contributed by atoms with Crippen LogP contribution in [0, 0.1) is 5.92 Å². The van der Waals surface area contributed by atoms with Crippen molar-refractivity contribution in [2.45, 2.75) is 31.4 Å². The van der Waals surface area contributed by atoms with Gasteiger partial charge in [-0.3, -0.25) is 4.79 Å². The van der Waals surface area contributed by atoms with E-state index in [1.54, 1.807) is 0 Å². The Morgan fingerprint density at radius 2 is 1.84 bits per heavy atom. The minimum absolute atomic E-state index is 0.0980. The molecule has 2 aliphatic rings. The van der Waals surface area contributed by atoms with Crippen molar-refractivity contribution in [3.05, 3.63) is 35.9 Å². The number of rotatable bonds is 3. The van der Waals surface area contributed by atoms with E-state index in [9.17, 15) is 23.1 Å². The summed E-state index contributed by atoms with van der Waals surface area (Å²) < 4.78 is 28.9. The summed E-state index contributed by atoms with van der Waals surface area (Å²) in [6, 6.07) is 9.21. The summed E-state index contributed by atoms with van der Waals surface area (Å²) in [4.78, 5) is 25.7. The number of aliphatic carboxylic acids is 1. The summed E-state index contributed by atoms with van der Waals surface area (Å²) in [5.41, 5.74) is -0.129. The van der Waals surface area contributed by atoms with Gasteiger partial charge in [0.15, 0.2) is 0 Å². The highest BCUT2D eigenvalue weighted by atomic mass is 32.2. The molecule has 1 aromatic carbocycles. The molecule has 1 spiro atoms. The minimum atomic E-state index is -3.17. The zero-order valence-corrected chi connectivity index (χ0v) is 14.6. The molecule has 1 aromatic rings. The van der Waals surface area contributed by atoms with Crippen molar-refractivity contribution in [3.8, 4) is 0 Å². The van der Waals surface area contributed by atoms with Gasteiger partial charge in [0.05, 0.1) is 23.0 Å². The molecule has 3 rings (SSSR count). The Bertz CT molecular complexity index is 747. The third kappa shape index (κ3) is 3.49. The van der Waals surface area contributed by atoms with E-state index in [1.165, 1.54) is 4.90 Å². The van der Waals surface area contributed by atoms with Crippen molar-refractivity contribution >= 4 is 21.9 Å². The number of carboxylic acids is 1. The van der Waals surface area contributed by atoms with Gasteiger partial charge in [-0.05, 0) is 24.8 Å². The fraction of sp³-hybridized carbons (Fsp3) is 0.529. The number of carbonyl (C=O) groups is 2. The molecule has 1 unspecified atom stereocenters. The third-order valence-electron chi connectivity index (χ3n) is 5.24. The highest BCUT2D eigenvalue weighted by Gasteiger charge is 2.56. The SMILES string of the molecule is O=C(O)C1CCN(C(=O)OCc2ccccc2)C12CCS(=O)(=O)CC2. The van der Waals surface area contributed by atoms with E-state index in [4.69, 9.17) is 4.74 Å². The molecule has 1 amide bonds. The van der Waals surface area contributed by atoms with E-state index >= 15 is 0 Å². The van der Waals surface area contributed by atoms with Crippen molar-refractivity contribution in [2.24, 2.45) is 5.92 Å². The Kier molecular flexibility index (Phi) is 4.73. The number of carbonyl (C=O) groups excluding carboxylic acids is 1. The average molecular weight is 367 g/mol. The van der Waals surface area contributed by atoms with Crippen LogP contribution in [0.1, 0.15) is 24.8 Å². The quantitative estimate of drug-likeness (QED) is 0.872. The zero-order valence-electron chi connectivity index (χ0n) is 13.8. The summed E-state index contributed by atoms with van der Waals surface area (Å²) in [5.74, 6) is -1.94. The molecule has 0 aromatic heterocycles. The second-order valence-electron chi connectivity index (χ2n) is 6.63. The summed E-state index contributed by atoms with van der Waals surface area (Å²) in [6.45, 7) is 0.368. The maximum Gasteiger partial charge on any atom is 0.410 e. The maximum atomic E-state index is 12.6. The fourth-order valence-corrected chi connectivity index (χ4v) is 5.40. The van der Waals surface area contributed by atoms with Crippen molar-refractivity contribution in [2.75, 3.05) is 18.1 Å². The summed E-state index contributed by atoms with van der Waals surface area (Å²) in [7, 11) is -3.17. The summed E-state index contributed by atoms with van der Waals surface area (Å²) >= 11 is 0. The van der Waals surface area contributed by atoms with Crippen LogP contribution in [-0.4, -0.2) is 54.1 Å². The monoisotopic (exact) mass is 367 g/mol. The molecular formula is C17H21NO6S. The molecule has 0 radical (unpaired) electrons. The molecule has 0 aliphatic carbocycles. The first-order valence-electron chi connectivity index (χ1n) is 8.26. The van der Waals surface area contributed by atoms with Gasteiger partial charge in [0, 0.05) is 6.54 Å². The Hall–Kier alpha value is -2.09. The van der Waals surface area contributed by atoms with Gasteiger partial charge in [0.1, 0.15) is 16.4 Å². The number of ether oxygens (including phenoxy) is 1. The molecule has 2 heterocycles. The van der Waals surface area contributed by atoms with Crippen molar-refractivity contribution in [1.82, 2.24) is 4.90 Å². The van der Waals surface area contributed by atoms with Gasteiger partial charge in [0.2, 0.25) is 0 Å². The number of benzene rings is 1. The van der Waals surface area contributed by atoms with Gasteiger partial charge < -0.3 is 14.7 Å². The molecule has 0 saturated carbocycles. The van der Waals surface area contributed by atoms with Crippen LogP contribution < -0.4 is 0 Å². The zero-order chi connectivity index (χ0) is 18.1. The number of sulfone groups is 1. The Morgan fingerprint density at radius 1 is 1.20 bits per heavy atom. The largest absolute Gasteiger partial charge is 0.481 e. The minimum Gasteiger partial charge on any atom is -0.481 e. The van der Waals surface area contributed by atoms with Crippen LogP contribution in [0.25, 0.3) is 0 Å². The molecule has 2 aliphatic heterocycles.